The fourth-order valence-electron chi connectivity index (χ4n) is 1.21. The Morgan fingerprint density at radius 2 is 2.06 bits per heavy atom. The van der Waals surface area contributed by atoms with Crippen LogP contribution in [-0.4, -0.2) is 12.6 Å². The van der Waals surface area contributed by atoms with E-state index in [1.807, 2.05) is 36.4 Å². The molecule has 1 aromatic rings. The predicted molar refractivity (Wildman–Crippen MR) is 66.9 cm³/mol. The standard InChI is InChI=1S/C13H18N2O/c1-2-3-10-14-13(16)15-11-9-12-7-5-4-6-8-12/h4-9,11H,2-3,10H2,1H3,(H2,14,15,16)/b11-9+. The van der Waals surface area contributed by atoms with Crippen molar-refractivity contribution < 1.29 is 4.79 Å². The number of hydrogen-bond donors (Lipinski definition) is 2. The normalized spacial score (nSPS) is 10.3. The molecule has 0 spiro atoms. The zero-order valence-corrected chi connectivity index (χ0v) is 9.57. The molecule has 3 heteroatoms. The van der Waals surface area contributed by atoms with E-state index in [9.17, 15) is 4.79 Å². The zero-order valence-electron chi connectivity index (χ0n) is 9.57. The zero-order chi connectivity index (χ0) is 11.6. The number of carbonyl (C=O) groups excluding carboxylic acids is 1. The summed E-state index contributed by atoms with van der Waals surface area (Å²) in [6, 6.07) is 9.69. The largest absolute Gasteiger partial charge is 0.338 e. The Balaban J connectivity index is 2.24. The first kappa shape index (κ1) is 12.3. The average Bonchev–Trinajstić information content (AvgIpc) is 2.31. The maximum atomic E-state index is 11.2. The summed E-state index contributed by atoms with van der Waals surface area (Å²) in [5.41, 5.74) is 1.07. The second kappa shape index (κ2) is 7.51. The molecular weight excluding hydrogens is 200 g/mol. The third-order valence-corrected chi connectivity index (χ3v) is 2.11. The van der Waals surface area contributed by atoms with Crippen molar-refractivity contribution in [1.82, 2.24) is 10.6 Å². The quantitative estimate of drug-likeness (QED) is 0.733. The molecule has 86 valence electrons. The molecule has 0 bridgehead atoms. The van der Waals surface area contributed by atoms with Crippen LogP contribution in [0.5, 0.6) is 0 Å². The molecule has 0 fully saturated rings. The highest BCUT2D eigenvalue weighted by Gasteiger charge is 1.93. The lowest BCUT2D eigenvalue weighted by Crippen LogP contribution is -2.32. The Kier molecular flexibility index (Phi) is 5.78. The van der Waals surface area contributed by atoms with E-state index in [-0.39, 0.29) is 6.03 Å². The van der Waals surface area contributed by atoms with Crippen molar-refractivity contribution in [2.24, 2.45) is 0 Å². The van der Waals surface area contributed by atoms with Crippen molar-refractivity contribution in [3.8, 4) is 0 Å². The van der Waals surface area contributed by atoms with Crippen molar-refractivity contribution in [3.63, 3.8) is 0 Å². The topological polar surface area (TPSA) is 41.1 Å². The van der Waals surface area contributed by atoms with Crippen LogP contribution >= 0.6 is 0 Å². The van der Waals surface area contributed by atoms with Gasteiger partial charge in [-0.1, -0.05) is 43.7 Å². The molecule has 1 aromatic carbocycles. The Labute approximate surface area is 96.6 Å². The van der Waals surface area contributed by atoms with Gasteiger partial charge in [-0.2, -0.15) is 0 Å². The maximum Gasteiger partial charge on any atom is 0.318 e. The molecule has 0 saturated carbocycles. The lowest BCUT2D eigenvalue weighted by molar-refractivity contribution is 0.244. The van der Waals surface area contributed by atoms with E-state index in [1.54, 1.807) is 6.20 Å². The number of carbonyl (C=O) groups is 1. The second-order valence-corrected chi connectivity index (χ2v) is 3.50. The van der Waals surface area contributed by atoms with E-state index in [0.29, 0.717) is 0 Å². The monoisotopic (exact) mass is 218 g/mol. The second-order valence-electron chi connectivity index (χ2n) is 3.50. The van der Waals surface area contributed by atoms with E-state index >= 15 is 0 Å². The number of urea groups is 1. The van der Waals surface area contributed by atoms with Crippen LogP contribution in [0.25, 0.3) is 6.08 Å². The molecule has 3 nitrogen and oxygen atoms in total. The first-order valence-corrected chi connectivity index (χ1v) is 5.59. The summed E-state index contributed by atoms with van der Waals surface area (Å²) >= 11 is 0. The maximum absolute atomic E-state index is 11.2. The van der Waals surface area contributed by atoms with Crippen LogP contribution < -0.4 is 10.6 Å². The van der Waals surface area contributed by atoms with E-state index in [2.05, 4.69) is 17.6 Å². The number of rotatable bonds is 5. The molecule has 0 heterocycles. The molecular formula is C13H18N2O. The Hall–Kier alpha value is -1.77. The Morgan fingerprint density at radius 1 is 1.31 bits per heavy atom. The third kappa shape index (κ3) is 5.20. The van der Waals surface area contributed by atoms with Gasteiger partial charge in [0.05, 0.1) is 0 Å². The summed E-state index contributed by atoms with van der Waals surface area (Å²) in [7, 11) is 0. The van der Waals surface area contributed by atoms with Crippen molar-refractivity contribution in [1.29, 1.82) is 0 Å². The van der Waals surface area contributed by atoms with E-state index in [1.165, 1.54) is 0 Å². The number of nitrogens with one attached hydrogen (secondary N) is 2. The highest BCUT2D eigenvalue weighted by molar-refractivity contribution is 5.75. The van der Waals surface area contributed by atoms with E-state index in [4.69, 9.17) is 0 Å². The number of unbranched alkanes of at least 4 members (excludes halogenated alkanes) is 1. The number of hydrogen-bond acceptors (Lipinski definition) is 1. The molecule has 2 amide bonds. The van der Waals surface area contributed by atoms with Crippen LogP contribution in [0.2, 0.25) is 0 Å². The SMILES string of the molecule is CCCCNC(=O)N/C=C/c1ccccc1. The molecule has 0 saturated heterocycles. The van der Waals surface area contributed by atoms with E-state index < -0.39 is 0 Å². The van der Waals surface area contributed by atoms with Gasteiger partial charge in [-0.25, -0.2) is 4.79 Å². The molecule has 0 atom stereocenters. The molecule has 0 radical (unpaired) electrons. The minimum absolute atomic E-state index is 0.152. The molecule has 1 rings (SSSR count). The lowest BCUT2D eigenvalue weighted by Gasteiger charge is -2.02. The summed E-state index contributed by atoms with van der Waals surface area (Å²) in [5, 5.41) is 5.43. The van der Waals surface area contributed by atoms with E-state index in [0.717, 1.165) is 24.9 Å². The van der Waals surface area contributed by atoms with Gasteiger partial charge in [-0.15, -0.1) is 0 Å². The van der Waals surface area contributed by atoms with Crippen molar-refractivity contribution in [2.75, 3.05) is 6.54 Å². The highest BCUT2D eigenvalue weighted by atomic mass is 16.2. The summed E-state index contributed by atoms with van der Waals surface area (Å²) in [6.45, 7) is 2.82. The first-order valence-electron chi connectivity index (χ1n) is 5.59. The molecule has 16 heavy (non-hydrogen) atoms. The van der Waals surface area contributed by atoms with Gasteiger partial charge in [0.15, 0.2) is 0 Å². The van der Waals surface area contributed by atoms with Crippen LogP contribution in [0.1, 0.15) is 25.3 Å². The van der Waals surface area contributed by atoms with Gasteiger partial charge in [-0.05, 0) is 18.1 Å². The van der Waals surface area contributed by atoms with Crippen LogP contribution in [0.15, 0.2) is 36.5 Å². The Bertz CT molecular complexity index is 333. The van der Waals surface area contributed by atoms with Crippen molar-refractivity contribution in [3.05, 3.63) is 42.1 Å². The minimum Gasteiger partial charge on any atom is -0.338 e. The van der Waals surface area contributed by atoms with Gasteiger partial charge in [0, 0.05) is 12.7 Å². The molecule has 0 aliphatic heterocycles. The first-order chi connectivity index (χ1) is 7.83. The van der Waals surface area contributed by atoms with Gasteiger partial charge < -0.3 is 10.6 Å². The molecule has 0 aliphatic carbocycles. The van der Waals surface area contributed by atoms with Crippen LogP contribution in [0, 0.1) is 0 Å². The van der Waals surface area contributed by atoms with Gasteiger partial charge in [-0.3, -0.25) is 0 Å². The fraction of sp³-hybridized carbons (Fsp3) is 0.308. The van der Waals surface area contributed by atoms with Gasteiger partial charge in [0.2, 0.25) is 0 Å². The van der Waals surface area contributed by atoms with Crippen LogP contribution in [0.3, 0.4) is 0 Å². The van der Waals surface area contributed by atoms with Crippen LogP contribution in [-0.2, 0) is 0 Å². The van der Waals surface area contributed by atoms with Crippen LogP contribution in [0.4, 0.5) is 4.79 Å². The molecule has 0 aromatic heterocycles. The summed E-state index contributed by atoms with van der Waals surface area (Å²) in [5.74, 6) is 0. The van der Waals surface area contributed by atoms with Gasteiger partial charge in [0.1, 0.15) is 0 Å². The Morgan fingerprint density at radius 3 is 2.75 bits per heavy atom. The molecule has 0 aliphatic rings. The highest BCUT2D eigenvalue weighted by Crippen LogP contribution is 1.99. The molecule has 2 N–H and O–H groups in total. The number of benzene rings is 1. The average molecular weight is 218 g/mol. The fourth-order valence-corrected chi connectivity index (χ4v) is 1.21. The smallest absolute Gasteiger partial charge is 0.318 e. The molecule has 0 unspecified atom stereocenters. The lowest BCUT2D eigenvalue weighted by atomic mass is 10.2. The van der Waals surface area contributed by atoms with Gasteiger partial charge >= 0.3 is 6.03 Å². The number of amides is 2. The summed E-state index contributed by atoms with van der Waals surface area (Å²) < 4.78 is 0. The van der Waals surface area contributed by atoms with Gasteiger partial charge in [0.25, 0.3) is 0 Å². The third-order valence-electron chi connectivity index (χ3n) is 2.11. The summed E-state index contributed by atoms with van der Waals surface area (Å²) in [6.07, 6.45) is 5.60. The minimum atomic E-state index is -0.152. The van der Waals surface area contributed by atoms with Crippen molar-refractivity contribution >= 4 is 12.1 Å². The summed E-state index contributed by atoms with van der Waals surface area (Å²) in [4.78, 5) is 11.2. The predicted octanol–water partition coefficient (Wildman–Crippen LogP) is 2.76. The van der Waals surface area contributed by atoms with Crippen molar-refractivity contribution in [2.45, 2.75) is 19.8 Å².